The van der Waals surface area contributed by atoms with Crippen molar-refractivity contribution in [1.29, 1.82) is 0 Å². The average Bonchev–Trinajstić information content (AvgIpc) is 2.55. The predicted molar refractivity (Wildman–Crippen MR) is 88.8 cm³/mol. The number of benzene rings is 2. The highest BCUT2D eigenvalue weighted by molar-refractivity contribution is 6.02. The molecular weight excluding hydrogens is 276 g/mol. The molecule has 0 bridgehead atoms. The van der Waals surface area contributed by atoms with Gasteiger partial charge >= 0.3 is 0 Å². The van der Waals surface area contributed by atoms with Crippen molar-refractivity contribution in [2.75, 3.05) is 31.6 Å². The van der Waals surface area contributed by atoms with Crippen LogP contribution in [0.2, 0.25) is 0 Å². The second-order valence-electron chi connectivity index (χ2n) is 6.00. The summed E-state index contributed by atoms with van der Waals surface area (Å²) in [6.45, 7) is 2.33. The lowest BCUT2D eigenvalue weighted by Gasteiger charge is -2.31. The molecule has 4 heteroatoms. The molecule has 0 aromatic heterocycles. The molecule has 22 heavy (non-hydrogen) atoms. The van der Waals surface area contributed by atoms with Gasteiger partial charge in [-0.1, -0.05) is 36.4 Å². The Morgan fingerprint density at radius 3 is 2.91 bits per heavy atom. The Balaban J connectivity index is 1.66. The van der Waals surface area contributed by atoms with Crippen molar-refractivity contribution in [3.05, 3.63) is 42.5 Å². The summed E-state index contributed by atoms with van der Waals surface area (Å²) >= 11 is 0. The number of amides is 1. The normalized spacial score (nSPS) is 19.2. The lowest BCUT2D eigenvalue weighted by atomic mass is 9.99. The van der Waals surface area contributed by atoms with Crippen molar-refractivity contribution in [1.82, 2.24) is 4.90 Å². The zero-order valence-electron chi connectivity index (χ0n) is 12.7. The van der Waals surface area contributed by atoms with Gasteiger partial charge in [-0.05, 0) is 36.8 Å². The molecule has 1 aliphatic heterocycles. The summed E-state index contributed by atoms with van der Waals surface area (Å²) < 4.78 is 0. The molecule has 116 valence electrons. The number of hydrogen-bond acceptors (Lipinski definition) is 3. The van der Waals surface area contributed by atoms with Gasteiger partial charge in [0.25, 0.3) is 0 Å². The van der Waals surface area contributed by atoms with Gasteiger partial charge in [0.05, 0.1) is 6.54 Å². The van der Waals surface area contributed by atoms with Crippen LogP contribution in [-0.4, -0.2) is 42.2 Å². The third kappa shape index (κ3) is 3.46. The summed E-state index contributed by atoms with van der Waals surface area (Å²) in [5.41, 5.74) is 0.860. The Morgan fingerprint density at radius 1 is 1.23 bits per heavy atom. The molecule has 1 heterocycles. The van der Waals surface area contributed by atoms with Crippen LogP contribution < -0.4 is 5.32 Å². The predicted octanol–water partition coefficient (Wildman–Crippen LogP) is 2.48. The quantitative estimate of drug-likeness (QED) is 0.912. The molecule has 0 aliphatic carbocycles. The first-order valence-electron chi connectivity index (χ1n) is 7.87. The number of nitrogens with zero attached hydrogens (tertiary/aromatic N) is 1. The van der Waals surface area contributed by atoms with Crippen molar-refractivity contribution in [2.45, 2.75) is 12.8 Å². The molecule has 2 aromatic rings. The molecule has 1 atom stereocenters. The number of hydrogen-bond donors (Lipinski definition) is 2. The summed E-state index contributed by atoms with van der Waals surface area (Å²) in [7, 11) is 0. The molecule has 1 aliphatic rings. The van der Waals surface area contributed by atoms with E-state index < -0.39 is 0 Å². The lowest BCUT2D eigenvalue weighted by Crippen LogP contribution is -2.41. The maximum absolute atomic E-state index is 12.3. The fourth-order valence-electron chi connectivity index (χ4n) is 3.17. The number of piperidine rings is 1. The van der Waals surface area contributed by atoms with Gasteiger partial charge in [0.2, 0.25) is 5.91 Å². The highest BCUT2D eigenvalue weighted by atomic mass is 16.3. The van der Waals surface area contributed by atoms with E-state index in [1.165, 1.54) is 0 Å². The first-order chi connectivity index (χ1) is 10.8. The summed E-state index contributed by atoms with van der Waals surface area (Å²) in [5.74, 6) is 0.314. The summed E-state index contributed by atoms with van der Waals surface area (Å²) in [6, 6.07) is 14.0. The van der Waals surface area contributed by atoms with Crippen molar-refractivity contribution in [3.63, 3.8) is 0 Å². The molecule has 0 saturated carbocycles. The van der Waals surface area contributed by atoms with Crippen LogP contribution in [0.1, 0.15) is 12.8 Å². The van der Waals surface area contributed by atoms with Crippen LogP contribution in [0.3, 0.4) is 0 Å². The molecule has 2 N–H and O–H groups in total. The second-order valence-corrected chi connectivity index (χ2v) is 6.00. The molecule has 1 fully saturated rings. The van der Waals surface area contributed by atoms with Gasteiger partial charge in [-0.15, -0.1) is 0 Å². The molecule has 1 unspecified atom stereocenters. The molecule has 0 radical (unpaired) electrons. The fourth-order valence-corrected chi connectivity index (χ4v) is 3.17. The Kier molecular flexibility index (Phi) is 4.71. The highest BCUT2D eigenvalue weighted by Gasteiger charge is 2.21. The van der Waals surface area contributed by atoms with Crippen LogP contribution in [-0.2, 0) is 4.79 Å². The number of carbonyl (C=O) groups excluding carboxylic acids is 1. The van der Waals surface area contributed by atoms with Crippen LogP contribution in [0, 0.1) is 5.92 Å². The van der Waals surface area contributed by atoms with E-state index in [4.69, 9.17) is 0 Å². The Labute approximate surface area is 130 Å². The van der Waals surface area contributed by atoms with E-state index >= 15 is 0 Å². The fraction of sp³-hybridized carbons (Fsp3) is 0.389. The number of aliphatic hydroxyl groups is 1. The monoisotopic (exact) mass is 298 g/mol. The van der Waals surface area contributed by atoms with E-state index in [2.05, 4.69) is 10.2 Å². The smallest absolute Gasteiger partial charge is 0.238 e. The van der Waals surface area contributed by atoms with Gasteiger partial charge in [-0.2, -0.15) is 0 Å². The average molecular weight is 298 g/mol. The minimum atomic E-state index is 0.00921. The number of fused-ring (bicyclic) bond motifs is 1. The third-order valence-electron chi connectivity index (χ3n) is 4.29. The summed E-state index contributed by atoms with van der Waals surface area (Å²) in [4.78, 5) is 14.4. The molecule has 4 nitrogen and oxygen atoms in total. The van der Waals surface area contributed by atoms with Crippen LogP contribution in [0.4, 0.5) is 5.69 Å². The topological polar surface area (TPSA) is 52.6 Å². The number of anilines is 1. The van der Waals surface area contributed by atoms with Gasteiger partial charge in [0, 0.05) is 24.2 Å². The zero-order valence-corrected chi connectivity index (χ0v) is 12.7. The maximum Gasteiger partial charge on any atom is 0.238 e. The van der Waals surface area contributed by atoms with Gasteiger partial charge in [0.1, 0.15) is 0 Å². The summed E-state index contributed by atoms with van der Waals surface area (Å²) in [6.07, 6.45) is 2.10. The van der Waals surface area contributed by atoms with Crippen LogP contribution >= 0.6 is 0 Å². The lowest BCUT2D eigenvalue weighted by molar-refractivity contribution is -0.117. The largest absolute Gasteiger partial charge is 0.396 e. The first kappa shape index (κ1) is 15.0. The van der Waals surface area contributed by atoms with E-state index in [1.54, 1.807) is 0 Å². The SMILES string of the molecule is O=C(CN1CCCC(CO)C1)Nc1cccc2ccccc12. The van der Waals surface area contributed by atoms with Crippen LogP contribution in [0.25, 0.3) is 10.8 Å². The van der Waals surface area contributed by atoms with E-state index in [0.29, 0.717) is 12.5 Å². The zero-order chi connectivity index (χ0) is 15.4. The van der Waals surface area contributed by atoms with Crippen molar-refractivity contribution in [3.8, 4) is 0 Å². The number of nitrogens with one attached hydrogen (secondary N) is 1. The second kappa shape index (κ2) is 6.90. The van der Waals surface area contributed by atoms with Crippen molar-refractivity contribution < 1.29 is 9.90 Å². The van der Waals surface area contributed by atoms with Crippen molar-refractivity contribution >= 4 is 22.4 Å². The molecule has 1 saturated heterocycles. The Hall–Kier alpha value is -1.91. The van der Waals surface area contributed by atoms with Crippen LogP contribution in [0.5, 0.6) is 0 Å². The number of aliphatic hydroxyl groups excluding tert-OH is 1. The van der Waals surface area contributed by atoms with Gasteiger partial charge in [0.15, 0.2) is 0 Å². The maximum atomic E-state index is 12.3. The molecule has 1 amide bonds. The Morgan fingerprint density at radius 2 is 2.05 bits per heavy atom. The highest BCUT2D eigenvalue weighted by Crippen LogP contribution is 2.23. The molecule has 2 aromatic carbocycles. The first-order valence-corrected chi connectivity index (χ1v) is 7.87. The van der Waals surface area contributed by atoms with E-state index in [-0.39, 0.29) is 12.5 Å². The number of carbonyl (C=O) groups is 1. The minimum Gasteiger partial charge on any atom is -0.396 e. The minimum absolute atomic E-state index is 0.00921. The van der Waals surface area contributed by atoms with E-state index in [1.807, 2.05) is 42.5 Å². The van der Waals surface area contributed by atoms with Gasteiger partial charge < -0.3 is 10.4 Å². The molecule has 3 rings (SSSR count). The van der Waals surface area contributed by atoms with Gasteiger partial charge in [-0.25, -0.2) is 0 Å². The third-order valence-corrected chi connectivity index (χ3v) is 4.29. The standard InChI is InChI=1S/C18H22N2O2/c21-13-14-5-4-10-20(11-14)12-18(22)19-17-9-3-7-15-6-1-2-8-16(15)17/h1-3,6-9,14,21H,4-5,10-13H2,(H,19,22). The number of likely N-dealkylation sites (tertiary alicyclic amines) is 1. The van der Waals surface area contributed by atoms with Gasteiger partial charge in [-0.3, -0.25) is 9.69 Å². The Bertz CT molecular complexity index is 651. The van der Waals surface area contributed by atoms with E-state index in [9.17, 15) is 9.90 Å². The summed E-state index contributed by atoms with van der Waals surface area (Å²) in [5, 5.41) is 14.5. The van der Waals surface area contributed by atoms with E-state index in [0.717, 1.165) is 42.4 Å². The molecular formula is C18H22N2O2. The van der Waals surface area contributed by atoms with Crippen LogP contribution in [0.15, 0.2) is 42.5 Å². The van der Waals surface area contributed by atoms with Crippen molar-refractivity contribution in [2.24, 2.45) is 5.92 Å². The molecule has 0 spiro atoms. The number of rotatable bonds is 4.